The Hall–Kier alpha value is 0.110. The van der Waals surface area contributed by atoms with Crippen LogP contribution in [0.3, 0.4) is 0 Å². The maximum Gasteiger partial charge on any atom is 0.0291 e. The second kappa shape index (κ2) is 7.51. The molecule has 0 saturated heterocycles. The van der Waals surface area contributed by atoms with Crippen molar-refractivity contribution in [3.8, 4) is 0 Å². The van der Waals surface area contributed by atoms with Crippen molar-refractivity contribution in [2.45, 2.75) is 51.8 Å². The zero-order valence-electron chi connectivity index (χ0n) is 9.30. The van der Waals surface area contributed by atoms with Gasteiger partial charge in [0.25, 0.3) is 0 Å². The fraction of sp³-hybridized carbons (Fsp3) is 1.00. The maximum atomic E-state index is 11.4. The molecule has 2 unspecified atom stereocenters. The maximum absolute atomic E-state index is 11.4. The van der Waals surface area contributed by atoms with Crippen molar-refractivity contribution in [2.75, 3.05) is 12.3 Å². The second-order valence-corrected chi connectivity index (χ2v) is 5.85. The van der Waals surface area contributed by atoms with E-state index in [1.807, 2.05) is 13.8 Å². The van der Waals surface area contributed by atoms with Gasteiger partial charge in [-0.05, 0) is 26.3 Å². The van der Waals surface area contributed by atoms with Gasteiger partial charge in [-0.15, -0.1) is 0 Å². The van der Waals surface area contributed by atoms with Gasteiger partial charge in [0.2, 0.25) is 0 Å². The molecule has 0 radical (unpaired) electrons. The average molecular weight is 205 g/mol. The van der Waals surface area contributed by atoms with Gasteiger partial charge < -0.3 is 5.32 Å². The molecule has 0 amide bonds. The van der Waals surface area contributed by atoms with Gasteiger partial charge in [0.15, 0.2) is 0 Å². The van der Waals surface area contributed by atoms with Crippen LogP contribution < -0.4 is 5.32 Å². The third-order valence-electron chi connectivity index (χ3n) is 2.06. The highest BCUT2D eigenvalue weighted by Crippen LogP contribution is 2.01. The van der Waals surface area contributed by atoms with Gasteiger partial charge in [0.05, 0.1) is 0 Å². The minimum atomic E-state index is -0.620. The molecule has 0 rings (SSSR count). The third-order valence-corrected chi connectivity index (χ3v) is 3.80. The van der Waals surface area contributed by atoms with E-state index in [-0.39, 0.29) is 0 Å². The monoisotopic (exact) mass is 205 g/mol. The summed E-state index contributed by atoms with van der Waals surface area (Å²) in [6.07, 6.45) is 2.20. The summed E-state index contributed by atoms with van der Waals surface area (Å²) in [5.41, 5.74) is 0. The SMILES string of the molecule is CCNC(C)CCCS(=O)C(C)C. The third kappa shape index (κ3) is 7.20. The van der Waals surface area contributed by atoms with Gasteiger partial charge in [-0.1, -0.05) is 20.8 Å². The van der Waals surface area contributed by atoms with Crippen LogP contribution in [-0.2, 0) is 10.8 Å². The Morgan fingerprint density at radius 2 is 1.92 bits per heavy atom. The highest BCUT2D eigenvalue weighted by molar-refractivity contribution is 7.85. The lowest BCUT2D eigenvalue weighted by Crippen LogP contribution is -2.26. The van der Waals surface area contributed by atoms with Crippen molar-refractivity contribution in [3.63, 3.8) is 0 Å². The van der Waals surface area contributed by atoms with Crippen molar-refractivity contribution in [2.24, 2.45) is 0 Å². The molecular weight excluding hydrogens is 182 g/mol. The van der Waals surface area contributed by atoms with Crippen molar-refractivity contribution in [3.05, 3.63) is 0 Å². The van der Waals surface area contributed by atoms with Gasteiger partial charge in [-0.3, -0.25) is 4.21 Å². The normalized spacial score (nSPS) is 16.1. The van der Waals surface area contributed by atoms with Crippen LogP contribution in [0.25, 0.3) is 0 Å². The molecule has 0 aromatic heterocycles. The lowest BCUT2D eigenvalue weighted by Gasteiger charge is -2.12. The quantitative estimate of drug-likeness (QED) is 0.688. The van der Waals surface area contributed by atoms with Gasteiger partial charge in [-0.2, -0.15) is 0 Å². The van der Waals surface area contributed by atoms with Crippen LogP contribution in [-0.4, -0.2) is 27.8 Å². The van der Waals surface area contributed by atoms with Crippen LogP contribution in [0, 0.1) is 0 Å². The van der Waals surface area contributed by atoms with E-state index in [2.05, 4.69) is 19.2 Å². The zero-order chi connectivity index (χ0) is 10.3. The van der Waals surface area contributed by atoms with Crippen molar-refractivity contribution in [1.29, 1.82) is 0 Å². The Morgan fingerprint density at radius 1 is 1.31 bits per heavy atom. The molecule has 2 atom stereocenters. The van der Waals surface area contributed by atoms with E-state index in [9.17, 15) is 4.21 Å². The molecule has 13 heavy (non-hydrogen) atoms. The summed E-state index contributed by atoms with van der Waals surface area (Å²) in [5, 5.41) is 3.66. The van der Waals surface area contributed by atoms with Crippen LogP contribution >= 0.6 is 0 Å². The van der Waals surface area contributed by atoms with Gasteiger partial charge in [0, 0.05) is 27.8 Å². The molecule has 1 N–H and O–H groups in total. The zero-order valence-corrected chi connectivity index (χ0v) is 10.1. The van der Waals surface area contributed by atoms with Crippen LogP contribution in [0.1, 0.15) is 40.5 Å². The molecular formula is C10H23NOS. The summed E-state index contributed by atoms with van der Waals surface area (Å²) in [7, 11) is -0.620. The molecule has 0 aliphatic heterocycles. The van der Waals surface area contributed by atoms with E-state index >= 15 is 0 Å². The van der Waals surface area contributed by atoms with Crippen molar-refractivity contribution < 1.29 is 4.21 Å². The lowest BCUT2D eigenvalue weighted by atomic mass is 10.2. The number of hydrogen-bond donors (Lipinski definition) is 1. The lowest BCUT2D eigenvalue weighted by molar-refractivity contribution is 0.524. The largest absolute Gasteiger partial charge is 0.315 e. The average Bonchev–Trinajstić information content (AvgIpc) is 2.04. The molecule has 0 aliphatic rings. The van der Waals surface area contributed by atoms with Crippen molar-refractivity contribution >= 4 is 10.8 Å². The minimum Gasteiger partial charge on any atom is -0.315 e. The molecule has 0 spiro atoms. The van der Waals surface area contributed by atoms with Crippen molar-refractivity contribution in [1.82, 2.24) is 5.32 Å². The second-order valence-electron chi connectivity index (χ2n) is 3.73. The molecule has 0 saturated carbocycles. The fourth-order valence-corrected chi connectivity index (χ4v) is 2.14. The molecule has 0 aromatic carbocycles. The summed E-state index contributed by atoms with van der Waals surface area (Å²) in [4.78, 5) is 0. The first-order chi connectivity index (χ1) is 6.07. The van der Waals surface area contributed by atoms with E-state index in [4.69, 9.17) is 0 Å². The molecule has 3 heteroatoms. The number of nitrogens with one attached hydrogen (secondary N) is 1. The fourth-order valence-electron chi connectivity index (χ4n) is 1.22. The van der Waals surface area contributed by atoms with Crippen LogP contribution in [0.5, 0.6) is 0 Å². The molecule has 0 bridgehead atoms. The van der Waals surface area contributed by atoms with E-state index < -0.39 is 10.8 Å². The summed E-state index contributed by atoms with van der Waals surface area (Å²) >= 11 is 0. The van der Waals surface area contributed by atoms with Crippen LogP contribution in [0.4, 0.5) is 0 Å². The van der Waals surface area contributed by atoms with Crippen LogP contribution in [0.2, 0.25) is 0 Å². The van der Waals surface area contributed by atoms with E-state index in [0.717, 1.165) is 25.1 Å². The molecule has 80 valence electrons. The topological polar surface area (TPSA) is 29.1 Å². The van der Waals surface area contributed by atoms with Gasteiger partial charge in [-0.25, -0.2) is 0 Å². The Kier molecular flexibility index (Phi) is 7.57. The van der Waals surface area contributed by atoms with E-state index in [0.29, 0.717) is 11.3 Å². The Bertz CT molecular complexity index is 148. The van der Waals surface area contributed by atoms with Crippen LogP contribution in [0.15, 0.2) is 0 Å². The standard InChI is InChI=1S/C10H23NOS/c1-5-11-10(4)7-6-8-13(12)9(2)3/h9-11H,5-8H2,1-4H3. The Balaban J connectivity index is 3.39. The summed E-state index contributed by atoms with van der Waals surface area (Å²) in [6, 6.07) is 0.564. The predicted molar refractivity (Wildman–Crippen MR) is 60.5 cm³/mol. The van der Waals surface area contributed by atoms with E-state index in [1.165, 1.54) is 0 Å². The molecule has 0 heterocycles. The highest BCUT2D eigenvalue weighted by Gasteiger charge is 2.05. The predicted octanol–water partition coefficient (Wildman–Crippen LogP) is 1.92. The van der Waals surface area contributed by atoms with Gasteiger partial charge in [0.1, 0.15) is 0 Å². The first-order valence-electron chi connectivity index (χ1n) is 5.18. The van der Waals surface area contributed by atoms with E-state index in [1.54, 1.807) is 0 Å². The minimum absolute atomic E-state index is 0.314. The molecule has 0 aromatic rings. The molecule has 2 nitrogen and oxygen atoms in total. The number of hydrogen-bond acceptors (Lipinski definition) is 2. The smallest absolute Gasteiger partial charge is 0.0291 e. The Morgan fingerprint density at radius 3 is 2.38 bits per heavy atom. The summed E-state index contributed by atoms with van der Waals surface area (Å²) in [6.45, 7) is 9.35. The summed E-state index contributed by atoms with van der Waals surface area (Å²) in [5.74, 6) is 0.855. The molecule has 0 fully saturated rings. The first kappa shape index (κ1) is 13.1. The molecule has 0 aliphatic carbocycles. The summed E-state index contributed by atoms with van der Waals surface area (Å²) < 4.78 is 11.4. The van der Waals surface area contributed by atoms with Gasteiger partial charge >= 0.3 is 0 Å². The first-order valence-corrected chi connectivity index (χ1v) is 6.56. The number of rotatable bonds is 7. The Labute approximate surface area is 84.9 Å². The highest BCUT2D eigenvalue weighted by atomic mass is 32.2.